The first-order valence-electron chi connectivity index (χ1n) is 5.49. The maximum atomic E-state index is 4.50. The van der Waals surface area contributed by atoms with E-state index < -0.39 is 0 Å². The SMILES string of the molecule is c1cnc2c(C3CCNC3)cccc2c1. The molecule has 2 heterocycles. The lowest BCUT2D eigenvalue weighted by Gasteiger charge is -2.11. The summed E-state index contributed by atoms with van der Waals surface area (Å²) >= 11 is 0. The van der Waals surface area contributed by atoms with Gasteiger partial charge in [-0.2, -0.15) is 0 Å². The Bertz CT molecular complexity index is 467. The molecule has 1 unspecified atom stereocenters. The number of fused-ring (bicyclic) bond motifs is 1. The minimum atomic E-state index is 0.642. The number of nitrogens with one attached hydrogen (secondary N) is 1. The van der Waals surface area contributed by atoms with Crippen molar-refractivity contribution in [1.29, 1.82) is 0 Å². The van der Waals surface area contributed by atoms with Crippen LogP contribution >= 0.6 is 0 Å². The zero-order valence-corrected chi connectivity index (χ0v) is 8.61. The van der Waals surface area contributed by atoms with Crippen molar-refractivity contribution < 1.29 is 0 Å². The predicted molar refractivity (Wildman–Crippen MR) is 62.0 cm³/mol. The van der Waals surface area contributed by atoms with Gasteiger partial charge < -0.3 is 5.32 Å². The molecule has 0 amide bonds. The molecule has 1 N–H and O–H groups in total. The minimum absolute atomic E-state index is 0.642. The van der Waals surface area contributed by atoms with Crippen LogP contribution in [0.4, 0.5) is 0 Å². The zero-order valence-electron chi connectivity index (χ0n) is 8.61. The van der Waals surface area contributed by atoms with Crippen molar-refractivity contribution in [2.75, 3.05) is 13.1 Å². The third-order valence-electron chi connectivity index (χ3n) is 3.16. The van der Waals surface area contributed by atoms with Crippen LogP contribution in [0.1, 0.15) is 17.9 Å². The van der Waals surface area contributed by atoms with E-state index in [0.29, 0.717) is 5.92 Å². The number of nitrogens with zero attached hydrogens (tertiary/aromatic N) is 1. The van der Waals surface area contributed by atoms with Crippen LogP contribution in [0, 0.1) is 0 Å². The highest BCUT2D eigenvalue weighted by molar-refractivity contribution is 5.82. The van der Waals surface area contributed by atoms with Crippen molar-refractivity contribution in [3.05, 3.63) is 42.1 Å². The first-order valence-corrected chi connectivity index (χ1v) is 5.49. The molecule has 2 heteroatoms. The van der Waals surface area contributed by atoms with Gasteiger partial charge in [-0.15, -0.1) is 0 Å². The quantitative estimate of drug-likeness (QED) is 0.760. The Morgan fingerprint density at radius 1 is 1.20 bits per heavy atom. The van der Waals surface area contributed by atoms with Gasteiger partial charge in [0.15, 0.2) is 0 Å². The van der Waals surface area contributed by atoms with E-state index in [9.17, 15) is 0 Å². The molecule has 76 valence electrons. The van der Waals surface area contributed by atoms with E-state index in [4.69, 9.17) is 0 Å². The Kier molecular flexibility index (Phi) is 2.14. The number of hydrogen-bond donors (Lipinski definition) is 1. The third kappa shape index (κ3) is 1.51. The van der Waals surface area contributed by atoms with Gasteiger partial charge in [-0.3, -0.25) is 4.98 Å². The number of aromatic nitrogens is 1. The Hall–Kier alpha value is -1.41. The van der Waals surface area contributed by atoms with E-state index in [-0.39, 0.29) is 0 Å². The Morgan fingerprint density at radius 3 is 3.00 bits per heavy atom. The summed E-state index contributed by atoms with van der Waals surface area (Å²) in [5.41, 5.74) is 2.58. The predicted octanol–water partition coefficient (Wildman–Crippen LogP) is 2.31. The summed E-state index contributed by atoms with van der Waals surface area (Å²) in [4.78, 5) is 4.50. The second kappa shape index (κ2) is 3.63. The molecule has 0 aliphatic carbocycles. The standard InChI is InChI=1S/C13H14N2/c1-3-10-4-2-7-15-13(10)12(5-1)11-6-8-14-9-11/h1-5,7,11,14H,6,8-9H2. The lowest BCUT2D eigenvalue weighted by atomic mass is 9.96. The van der Waals surface area contributed by atoms with Crippen molar-refractivity contribution in [2.24, 2.45) is 0 Å². The maximum absolute atomic E-state index is 4.50. The average Bonchev–Trinajstić information content (AvgIpc) is 2.82. The molecule has 0 saturated carbocycles. The highest BCUT2D eigenvalue weighted by Gasteiger charge is 2.18. The summed E-state index contributed by atoms with van der Waals surface area (Å²) in [6.07, 6.45) is 3.11. The van der Waals surface area contributed by atoms with Crippen molar-refractivity contribution in [3.8, 4) is 0 Å². The van der Waals surface area contributed by atoms with E-state index >= 15 is 0 Å². The Labute approximate surface area is 89.3 Å². The molecule has 1 saturated heterocycles. The average molecular weight is 198 g/mol. The van der Waals surface area contributed by atoms with Crippen molar-refractivity contribution in [3.63, 3.8) is 0 Å². The normalized spacial score (nSPS) is 20.9. The number of benzene rings is 1. The van der Waals surface area contributed by atoms with Crippen LogP contribution in [0.15, 0.2) is 36.5 Å². The van der Waals surface area contributed by atoms with Gasteiger partial charge in [-0.05, 0) is 30.5 Å². The highest BCUT2D eigenvalue weighted by atomic mass is 14.9. The fraction of sp³-hybridized carbons (Fsp3) is 0.308. The van der Waals surface area contributed by atoms with Crippen LogP contribution in [0.3, 0.4) is 0 Å². The lowest BCUT2D eigenvalue weighted by Crippen LogP contribution is -2.08. The first kappa shape index (κ1) is 8.86. The molecule has 2 aromatic rings. The molecule has 1 atom stereocenters. The van der Waals surface area contributed by atoms with E-state index in [0.717, 1.165) is 13.1 Å². The molecule has 1 aliphatic heterocycles. The summed E-state index contributed by atoms with van der Waals surface area (Å²) in [5, 5.41) is 4.66. The third-order valence-corrected chi connectivity index (χ3v) is 3.16. The van der Waals surface area contributed by atoms with Crippen LogP contribution in [0.25, 0.3) is 10.9 Å². The van der Waals surface area contributed by atoms with Crippen LogP contribution in [-0.4, -0.2) is 18.1 Å². The lowest BCUT2D eigenvalue weighted by molar-refractivity contribution is 0.768. The van der Waals surface area contributed by atoms with Gasteiger partial charge >= 0.3 is 0 Å². The summed E-state index contributed by atoms with van der Waals surface area (Å²) in [6, 6.07) is 10.6. The molecule has 1 aromatic carbocycles. The summed E-state index contributed by atoms with van der Waals surface area (Å²) in [7, 11) is 0. The van der Waals surface area contributed by atoms with E-state index in [2.05, 4.69) is 34.6 Å². The Balaban J connectivity index is 2.16. The van der Waals surface area contributed by atoms with E-state index in [1.807, 2.05) is 12.3 Å². The molecular weight excluding hydrogens is 184 g/mol. The van der Waals surface area contributed by atoms with Crippen molar-refractivity contribution in [1.82, 2.24) is 10.3 Å². The van der Waals surface area contributed by atoms with Crippen LogP contribution in [0.5, 0.6) is 0 Å². The van der Waals surface area contributed by atoms with Gasteiger partial charge in [0.25, 0.3) is 0 Å². The molecule has 1 aromatic heterocycles. The zero-order chi connectivity index (χ0) is 10.1. The molecule has 1 aliphatic rings. The molecule has 0 spiro atoms. The molecule has 15 heavy (non-hydrogen) atoms. The summed E-state index contributed by atoms with van der Waals surface area (Å²) < 4.78 is 0. The van der Waals surface area contributed by atoms with Gasteiger partial charge in [-0.1, -0.05) is 24.3 Å². The molecule has 0 radical (unpaired) electrons. The van der Waals surface area contributed by atoms with E-state index in [1.54, 1.807) is 0 Å². The molecule has 1 fully saturated rings. The van der Waals surface area contributed by atoms with Crippen molar-refractivity contribution in [2.45, 2.75) is 12.3 Å². The smallest absolute Gasteiger partial charge is 0.0737 e. The highest BCUT2D eigenvalue weighted by Crippen LogP contribution is 2.27. The van der Waals surface area contributed by atoms with Crippen LogP contribution in [0.2, 0.25) is 0 Å². The van der Waals surface area contributed by atoms with Gasteiger partial charge in [-0.25, -0.2) is 0 Å². The van der Waals surface area contributed by atoms with Gasteiger partial charge in [0.2, 0.25) is 0 Å². The van der Waals surface area contributed by atoms with Crippen LogP contribution < -0.4 is 5.32 Å². The molecular formula is C13H14N2. The van der Waals surface area contributed by atoms with Gasteiger partial charge in [0.05, 0.1) is 5.52 Å². The summed E-state index contributed by atoms with van der Waals surface area (Å²) in [6.45, 7) is 2.23. The number of rotatable bonds is 1. The van der Waals surface area contributed by atoms with E-state index in [1.165, 1.54) is 22.9 Å². The second-order valence-corrected chi connectivity index (χ2v) is 4.11. The number of pyridine rings is 1. The molecule has 3 rings (SSSR count). The topological polar surface area (TPSA) is 24.9 Å². The van der Waals surface area contributed by atoms with Crippen molar-refractivity contribution >= 4 is 10.9 Å². The number of para-hydroxylation sites is 1. The maximum Gasteiger partial charge on any atom is 0.0737 e. The van der Waals surface area contributed by atoms with Crippen LogP contribution in [-0.2, 0) is 0 Å². The number of hydrogen-bond acceptors (Lipinski definition) is 2. The van der Waals surface area contributed by atoms with Gasteiger partial charge in [0.1, 0.15) is 0 Å². The molecule has 0 bridgehead atoms. The largest absolute Gasteiger partial charge is 0.316 e. The fourth-order valence-electron chi connectivity index (χ4n) is 2.38. The second-order valence-electron chi connectivity index (χ2n) is 4.11. The van der Waals surface area contributed by atoms with Gasteiger partial charge in [0, 0.05) is 18.1 Å². The fourth-order valence-corrected chi connectivity index (χ4v) is 2.38. The molecule has 2 nitrogen and oxygen atoms in total. The first-order chi connectivity index (χ1) is 7.45. The summed E-state index contributed by atoms with van der Waals surface area (Å²) in [5.74, 6) is 0.642. The Morgan fingerprint density at radius 2 is 2.13 bits per heavy atom. The minimum Gasteiger partial charge on any atom is -0.316 e. The monoisotopic (exact) mass is 198 g/mol.